The molecular formula is C15H26N4. The molecule has 0 radical (unpaired) electrons. The molecule has 0 saturated heterocycles. The normalized spacial score (nSPS) is 16.2. The van der Waals surface area contributed by atoms with E-state index in [-0.39, 0.29) is 0 Å². The van der Waals surface area contributed by atoms with Crippen LogP contribution in [0.3, 0.4) is 0 Å². The van der Waals surface area contributed by atoms with E-state index in [1.165, 1.54) is 25.7 Å². The van der Waals surface area contributed by atoms with Gasteiger partial charge in [-0.25, -0.2) is 4.98 Å². The molecule has 0 amide bonds. The van der Waals surface area contributed by atoms with Crippen LogP contribution in [0.5, 0.6) is 0 Å². The smallest absolute Gasteiger partial charge is 0.224 e. The number of hydrogen-bond donors (Lipinski definition) is 2. The van der Waals surface area contributed by atoms with Gasteiger partial charge in [-0.05, 0) is 38.0 Å². The van der Waals surface area contributed by atoms with E-state index in [2.05, 4.69) is 41.4 Å². The van der Waals surface area contributed by atoms with Crippen LogP contribution in [0.4, 0.5) is 11.8 Å². The monoisotopic (exact) mass is 262 g/mol. The number of anilines is 2. The molecule has 2 N–H and O–H groups in total. The Morgan fingerprint density at radius 2 is 2.00 bits per heavy atom. The molecule has 0 aromatic carbocycles. The Morgan fingerprint density at radius 1 is 1.21 bits per heavy atom. The van der Waals surface area contributed by atoms with E-state index in [1.54, 1.807) is 0 Å². The lowest BCUT2D eigenvalue weighted by molar-refractivity contribution is 0.485. The fourth-order valence-electron chi connectivity index (χ4n) is 2.44. The third-order valence-corrected chi connectivity index (χ3v) is 3.87. The number of aryl methyl sites for hydroxylation is 1. The van der Waals surface area contributed by atoms with Crippen LogP contribution in [0.15, 0.2) is 6.20 Å². The Labute approximate surface area is 116 Å². The van der Waals surface area contributed by atoms with Crippen LogP contribution in [0.1, 0.15) is 51.5 Å². The molecule has 1 heterocycles. The molecule has 19 heavy (non-hydrogen) atoms. The van der Waals surface area contributed by atoms with Gasteiger partial charge in [0.1, 0.15) is 5.82 Å². The molecule has 0 spiro atoms. The highest BCUT2D eigenvalue weighted by Gasteiger charge is 2.41. The maximum atomic E-state index is 4.57. The highest BCUT2D eigenvalue weighted by Crippen LogP contribution is 2.49. The van der Waals surface area contributed by atoms with Crippen LogP contribution in [0.2, 0.25) is 0 Å². The fourth-order valence-corrected chi connectivity index (χ4v) is 2.44. The Bertz CT molecular complexity index is 413. The van der Waals surface area contributed by atoms with E-state index in [9.17, 15) is 0 Å². The zero-order valence-electron chi connectivity index (χ0n) is 12.4. The standard InChI is InChI=1S/C15H26N4/c1-4-6-15(7-8-15)11-18-13-12(3)10-17-14(19-13)16-9-5-2/h10H,4-9,11H2,1-3H3,(H2,16,17,18,19). The highest BCUT2D eigenvalue weighted by atomic mass is 15.1. The van der Waals surface area contributed by atoms with Crippen LogP contribution in [0.25, 0.3) is 0 Å². The van der Waals surface area contributed by atoms with Crippen molar-refractivity contribution in [1.29, 1.82) is 0 Å². The van der Waals surface area contributed by atoms with Gasteiger partial charge in [-0.2, -0.15) is 4.98 Å². The second kappa shape index (κ2) is 6.22. The maximum absolute atomic E-state index is 4.57. The van der Waals surface area contributed by atoms with Gasteiger partial charge in [0.25, 0.3) is 0 Å². The topological polar surface area (TPSA) is 49.8 Å². The first-order valence-corrected chi connectivity index (χ1v) is 7.50. The molecule has 1 aromatic rings. The van der Waals surface area contributed by atoms with E-state index in [1.807, 2.05) is 6.20 Å². The van der Waals surface area contributed by atoms with Crippen molar-refractivity contribution in [3.63, 3.8) is 0 Å². The van der Waals surface area contributed by atoms with E-state index in [0.29, 0.717) is 5.41 Å². The van der Waals surface area contributed by atoms with Gasteiger partial charge in [-0.15, -0.1) is 0 Å². The molecule has 1 fully saturated rings. The van der Waals surface area contributed by atoms with Crippen LogP contribution in [0, 0.1) is 12.3 Å². The average molecular weight is 262 g/mol. The molecule has 1 aromatic heterocycles. The van der Waals surface area contributed by atoms with E-state index < -0.39 is 0 Å². The van der Waals surface area contributed by atoms with Crippen LogP contribution >= 0.6 is 0 Å². The summed E-state index contributed by atoms with van der Waals surface area (Å²) in [6.45, 7) is 8.43. The first-order chi connectivity index (χ1) is 9.19. The highest BCUT2D eigenvalue weighted by molar-refractivity contribution is 5.46. The van der Waals surface area contributed by atoms with Crippen LogP contribution < -0.4 is 10.6 Å². The molecule has 4 heteroatoms. The van der Waals surface area contributed by atoms with Gasteiger partial charge in [0, 0.05) is 24.8 Å². The van der Waals surface area contributed by atoms with Crippen molar-refractivity contribution in [1.82, 2.24) is 9.97 Å². The minimum atomic E-state index is 0.545. The first-order valence-electron chi connectivity index (χ1n) is 7.50. The molecule has 0 unspecified atom stereocenters. The van der Waals surface area contributed by atoms with Crippen molar-refractivity contribution < 1.29 is 0 Å². The van der Waals surface area contributed by atoms with E-state index in [0.717, 1.165) is 36.8 Å². The SMILES string of the molecule is CCCNc1ncc(C)c(NCC2(CCC)CC2)n1. The zero-order chi connectivity index (χ0) is 13.7. The van der Waals surface area contributed by atoms with Gasteiger partial charge < -0.3 is 10.6 Å². The lowest BCUT2D eigenvalue weighted by Gasteiger charge is -2.17. The lowest BCUT2D eigenvalue weighted by Crippen LogP contribution is -2.17. The van der Waals surface area contributed by atoms with Gasteiger partial charge in [-0.3, -0.25) is 0 Å². The zero-order valence-corrected chi connectivity index (χ0v) is 12.4. The van der Waals surface area contributed by atoms with Crippen LogP contribution in [-0.4, -0.2) is 23.1 Å². The Hall–Kier alpha value is -1.32. The molecule has 1 saturated carbocycles. The van der Waals surface area contributed by atoms with Crippen molar-refractivity contribution in [2.75, 3.05) is 23.7 Å². The average Bonchev–Trinajstić information content (AvgIpc) is 3.17. The van der Waals surface area contributed by atoms with Crippen molar-refractivity contribution >= 4 is 11.8 Å². The van der Waals surface area contributed by atoms with Gasteiger partial charge >= 0.3 is 0 Å². The van der Waals surface area contributed by atoms with Gasteiger partial charge in [-0.1, -0.05) is 20.3 Å². The molecular weight excluding hydrogens is 236 g/mol. The predicted molar refractivity (Wildman–Crippen MR) is 80.6 cm³/mol. The fraction of sp³-hybridized carbons (Fsp3) is 0.733. The third-order valence-electron chi connectivity index (χ3n) is 3.87. The van der Waals surface area contributed by atoms with Crippen molar-refractivity contribution in [3.05, 3.63) is 11.8 Å². The Balaban J connectivity index is 1.95. The summed E-state index contributed by atoms with van der Waals surface area (Å²) >= 11 is 0. The van der Waals surface area contributed by atoms with E-state index in [4.69, 9.17) is 0 Å². The van der Waals surface area contributed by atoms with Gasteiger partial charge in [0.15, 0.2) is 0 Å². The minimum absolute atomic E-state index is 0.545. The summed E-state index contributed by atoms with van der Waals surface area (Å²) in [4.78, 5) is 8.88. The number of aromatic nitrogens is 2. The number of hydrogen-bond acceptors (Lipinski definition) is 4. The molecule has 0 aliphatic heterocycles. The number of nitrogens with zero attached hydrogens (tertiary/aromatic N) is 2. The summed E-state index contributed by atoms with van der Waals surface area (Å²) in [5, 5.41) is 6.76. The molecule has 2 rings (SSSR count). The number of rotatable bonds is 8. The third kappa shape index (κ3) is 3.82. The molecule has 4 nitrogen and oxygen atoms in total. The van der Waals surface area contributed by atoms with Gasteiger partial charge in [0.05, 0.1) is 0 Å². The second-order valence-corrected chi connectivity index (χ2v) is 5.76. The molecule has 1 aliphatic rings. The second-order valence-electron chi connectivity index (χ2n) is 5.76. The maximum Gasteiger partial charge on any atom is 0.224 e. The molecule has 1 aliphatic carbocycles. The number of nitrogens with one attached hydrogen (secondary N) is 2. The van der Waals surface area contributed by atoms with Crippen molar-refractivity contribution in [3.8, 4) is 0 Å². The lowest BCUT2D eigenvalue weighted by atomic mass is 10.0. The molecule has 0 atom stereocenters. The van der Waals surface area contributed by atoms with Gasteiger partial charge in [0.2, 0.25) is 5.95 Å². The molecule has 106 valence electrons. The Kier molecular flexibility index (Phi) is 4.61. The summed E-state index contributed by atoms with van der Waals surface area (Å²) < 4.78 is 0. The first kappa shape index (κ1) is 14.1. The van der Waals surface area contributed by atoms with Crippen LogP contribution in [-0.2, 0) is 0 Å². The quantitative estimate of drug-likeness (QED) is 0.751. The predicted octanol–water partition coefficient (Wildman–Crippen LogP) is 3.60. The summed E-state index contributed by atoms with van der Waals surface area (Å²) in [6.07, 6.45) is 8.29. The van der Waals surface area contributed by atoms with Crippen molar-refractivity contribution in [2.45, 2.75) is 52.9 Å². The Morgan fingerprint density at radius 3 is 2.63 bits per heavy atom. The van der Waals surface area contributed by atoms with Crippen molar-refractivity contribution in [2.24, 2.45) is 5.41 Å². The minimum Gasteiger partial charge on any atom is -0.369 e. The summed E-state index contributed by atoms with van der Waals surface area (Å²) in [6, 6.07) is 0. The van der Waals surface area contributed by atoms with E-state index >= 15 is 0 Å². The summed E-state index contributed by atoms with van der Waals surface area (Å²) in [7, 11) is 0. The largest absolute Gasteiger partial charge is 0.369 e. The molecule has 0 bridgehead atoms. The summed E-state index contributed by atoms with van der Waals surface area (Å²) in [5.41, 5.74) is 1.66. The summed E-state index contributed by atoms with van der Waals surface area (Å²) in [5.74, 6) is 1.71.